The number of nitrogens with zero attached hydrogens (tertiary/aromatic N) is 2. The molecule has 0 fully saturated rings. The van der Waals surface area contributed by atoms with Crippen molar-refractivity contribution in [1.82, 2.24) is 9.78 Å². The van der Waals surface area contributed by atoms with Crippen LogP contribution in [0.5, 0.6) is 0 Å². The summed E-state index contributed by atoms with van der Waals surface area (Å²) < 4.78 is 2.07. The van der Waals surface area contributed by atoms with E-state index in [1.54, 1.807) is 0 Å². The van der Waals surface area contributed by atoms with Crippen LogP contribution in [0.3, 0.4) is 0 Å². The number of hydrogen-bond donors (Lipinski definition) is 0. The minimum Gasteiger partial charge on any atom is -0.271 e. The van der Waals surface area contributed by atoms with Gasteiger partial charge in [0.15, 0.2) is 0 Å². The molecule has 2 heteroatoms. The third-order valence-electron chi connectivity index (χ3n) is 4.27. The summed E-state index contributed by atoms with van der Waals surface area (Å²) in [4.78, 5) is 0. The predicted molar refractivity (Wildman–Crippen MR) is 94.3 cm³/mol. The van der Waals surface area contributed by atoms with Gasteiger partial charge in [-0.1, -0.05) is 70.2 Å². The van der Waals surface area contributed by atoms with Gasteiger partial charge in [-0.15, -0.1) is 0 Å². The Morgan fingerprint density at radius 3 is 2.23 bits per heavy atom. The summed E-state index contributed by atoms with van der Waals surface area (Å²) in [6.45, 7) is 8.94. The topological polar surface area (TPSA) is 17.8 Å². The lowest BCUT2D eigenvalue weighted by molar-refractivity contribution is 0.653. The standard InChI is InChI=1S/C20H24N2/c1-13(2)19-18(20(14(3)4)22(5)21-19)17-12-8-10-15-9-6-7-11-16(15)17/h6-14H,1-5H3. The van der Waals surface area contributed by atoms with E-state index in [0.717, 1.165) is 0 Å². The highest BCUT2D eigenvalue weighted by atomic mass is 15.3. The summed E-state index contributed by atoms with van der Waals surface area (Å²) in [5.41, 5.74) is 5.14. The number of benzene rings is 2. The Morgan fingerprint density at radius 2 is 1.55 bits per heavy atom. The normalized spacial score (nSPS) is 11.8. The fourth-order valence-corrected chi connectivity index (χ4v) is 3.34. The van der Waals surface area contributed by atoms with Gasteiger partial charge in [-0.3, -0.25) is 4.68 Å². The van der Waals surface area contributed by atoms with Crippen molar-refractivity contribution in [3.63, 3.8) is 0 Å². The lowest BCUT2D eigenvalue weighted by Gasteiger charge is -2.14. The Balaban J connectivity index is 2.39. The van der Waals surface area contributed by atoms with Crippen LogP contribution < -0.4 is 0 Å². The maximum atomic E-state index is 4.83. The van der Waals surface area contributed by atoms with E-state index in [-0.39, 0.29) is 0 Å². The summed E-state index contributed by atoms with van der Waals surface area (Å²) in [5, 5.41) is 7.42. The van der Waals surface area contributed by atoms with Gasteiger partial charge in [-0.25, -0.2) is 0 Å². The number of fused-ring (bicyclic) bond motifs is 1. The average Bonchev–Trinajstić information content (AvgIpc) is 2.84. The van der Waals surface area contributed by atoms with Crippen molar-refractivity contribution < 1.29 is 0 Å². The van der Waals surface area contributed by atoms with Crippen LogP contribution in [0.2, 0.25) is 0 Å². The van der Waals surface area contributed by atoms with Crippen LogP contribution in [-0.4, -0.2) is 9.78 Å². The van der Waals surface area contributed by atoms with Crippen LogP contribution in [0.4, 0.5) is 0 Å². The Bertz CT molecular complexity index is 804. The van der Waals surface area contributed by atoms with E-state index in [1.165, 1.54) is 33.3 Å². The first-order valence-corrected chi connectivity index (χ1v) is 8.05. The summed E-state index contributed by atoms with van der Waals surface area (Å²) in [6, 6.07) is 15.2. The van der Waals surface area contributed by atoms with Gasteiger partial charge in [0, 0.05) is 18.3 Å². The van der Waals surface area contributed by atoms with E-state index in [9.17, 15) is 0 Å². The van der Waals surface area contributed by atoms with E-state index < -0.39 is 0 Å². The van der Waals surface area contributed by atoms with Gasteiger partial charge in [-0.2, -0.15) is 5.10 Å². The lowest BCUT2D eigenvalue weighted by atomic mass is 9.90. The van der Waals surface area contributed by atoms with Gasteiger partial charge < -0.3 is 0 Å². The average molecular weight is 292 g/mol. The fourth-order valence-electron chi connectivity index (χ4n) is 3.34. The predicted octanol–water partition coefficient (Wildman–Crippen LogP) is 5.49. The molecule has 0 radical (unpaired) electrons. The van der Waals surface area contributed by atoms with Crippen LogP contribution in [0, 0.1) is 0 Å². The van der Waals surface area contributed by atoms with Crippen molar-refractivity contribution >= 4 is 10.8 Å². The smallest absolute Gasteiger partial charge is 0.0731 e. The largest absolute Gasteiger partial charge is 0.271 e. The first-order valence-electron chi connectivity index (χ1n) is 8.05. The van der Waals surface area contributed by atoms with Crippen LogP contribution in [0.1, 0.15) is 50.9 Å². The molecule has 0 atom stereocenters. The monoisotopic (exact) mass is 292 g/mol. The lowest BCUT2D eigenvalue weighted by Crippen LogP contribution is -2.01. The van der Waals surface area contributed by atoms with E-state index >= 15 is 0 Å². The highest BCUT2D eigenvalue weighted by molar-refractivity contribution is 5.97. The van der Waals surface area contributed by atoms with Crippen LogP contribution >= 0.6 is 0 Å². The van der Waals surface area contributed by atoms with Crippen molar-refractivity contribution in [2.24, 2.45) is 7.05 Å². The molecule has 1 aromatic heterocycles. The molecule has 0 N–H and O–H groups in total. The number of rotatable bonds is 3. The Hall–Kier alpha value is -2.09. The molecular weight excluding hydrogens is 268 g/mol. The summed E-state index contributed by atoms with van der Waals surface area (Å²) >= 11 is 0. The highest BCUT2D eigenvalue weighted by Crippen LogP contribution is 2.38. The molecule has 0 bridgehead atoms. The molecular formula is C20H24N2. The van der Waals surface area contributed by atoms with E-state index in [0.29, 0.717) is 11.8 Å². The van der Waals surface area contributed by atoms with Gasteiger partial charge in [0.1, 0.15) is 0 Å². The zero-order valence-corrected chi connectivity index (χ0v) is 14.1. The third-order valence-corrected chi connectivity index (χ3v) is 4.27. The summed E-state index contributed by atoms with van der Waals surface area (Å²) in [5.74, 6) is 0.853. The second-order valence-electron chi connectivity index (χ2n) is 6.61. The molecule has 22 heavy (non-hydrogen) atoms. The van der Waals surface area contributed by atoms with Gasteiger partial charge in [0.25, 0.3) is 0 Å². The highest BCUT2D eigenvalue weighted by Gasteiger charge is 2.22. The van der Waals surface area contributed by atoms with Crippen molar-refractivity contribution in [3.05, 3.63) is 53.9 Å². The van der Waals surface area contributed by atoms with Gasteiger partial charge in [-0.05, 0) is 28.2 Å². The van der Waals surface area contributed by atoms with E-state index in [4.69, 9.17) is 5.10 Å². The zero-order valence-electron chi connectivity index (χ0n) is 14.1. The quantitative estimate of drug-likeness (QED) is 0.624. The molecule has 114 valence electrons. The first-order chi connectivity index (χ1) is 10.5. The first kappa shape index (κ1) is 14.8. The molecule has 0 amide bonds. The third kappa shape index (κ3) is 2.33. The van der Waals surface area contributed by atoms with Crippen molar-refractivity contribution in [2.75, 3.05) is 0 Å². The molecule has 0 saturated carbocycles. The molecule has 0 aliphatic carbocycles. The van der Waals surface area contributed by atoms with Gasteiger partial charge in [0.05, 0.1) is 5.69 Å². The maximum Gasteiger partial charge on any atom is 0.0731 e. The van der Waals surface area contributed by atoms with Crippen LogP contribution in [0.25, 0.3) is 21.9 Å². The molecule has 3 aromatic rings. The molecule has 0 aliphatic heterocycles. The molecule has 2 aromatic carbocycles. The van der Waals surface area contributed by atoms with Crippen molar-refractivity contribution in [2.45, 2.75) is 39.5 Å². The number of aryl methyl sites for hydroxylation is 1. The number of aromatic nitrogens is 2. The zero-order chi connectivity index (χ0) is 15.9. The van der Waals surface area contributed by atoms with E-state index in [1.807, 2.05) is 0 Å². The summed E-state index contributed by atoms with van der Waals surface area (Å²) in [6.07, 6.45) is 0. The number of hydrogen-bond acceptors (Lipinski definition) is 1. The van der Waals surface area contributed by atoms with E-state index in [2.05, 4.69) is 81.9 Å². The van der Waals surface area contributed by atoms with Crippen LogP contribution in [-0.2, 0) is 7.05 Å². The van der Waals surface area contributed by atoms with Crippen LogP contribution in [0.15, 0.2) is 42.5 Å². The Kier molecular flexibility index (Phi) is 3.78. The second kappa shape index (κ2) is 5.60. The molecule has 3 rings (SSSR count). The Morgan fingerprint density at radius 1 is 0.864 bits per heavy atom. The Labute approximate surface area is 132 Å². The molecule has 0 spiro atoms. The van der Waals surface area contributed by atoms with Gasteiger partial charge in [0.2, 0.25) is 0 Å². The molecule has 0 unspecified atom stereocenters. The van der Waals surface area contributed by atoms with Crippen molar-refractivity contribution in [3.8, 4) is 11.1 Å². The molecule has 0 saturated heterocycles. The molecule has 1 heterocycles. The van der Waals surface area contributed by atoms with Gasteiger partial charge >= 0.3 is 0 Å². The minimum absolute atomic E-state index is 0.410. The maximum absolute atomic E-state index is 4.83. The second-order valence-corrected chi connectivity index (χ2v) is 6.61. The molecule has 2 nitrogen and oxygen atoms in total. The fraction of sp³-hybridized carbons (Fsp3) is 0.350. The minimum atomic E-state index is 0.410. The summed E-state index contributed by atoms with van der Waals surface area (Å²) in [7, 11) is 2.07. The SMILES string of the molecule is CC(C)c1nn(C)c(C(C)C)c1-c1cccc2ccccc12. The van der Waals surface area contributed by atoms with Crippen molar-refractivity contribution in [1.29, 1.82) is 0 Å². The molecule has 0 aliphatic rings.